The van der Waals surface area contributed by atoms with E-state index in [1.807, 2.05) is 0 Å². The molecule has 0 nitrogen and oxygen atoms in total. The summed E-state index contributed by atoms with van der Waals surface area (Å²) >= 11 is 12.8. The zero-order valence-electron chi connectivity index (χ0n) is 9.45. The van der Waals surface area contributed by atoms with Crippen LogP contribution in [0.2, 0.25) is 0 Å². The fourth-order valence-corrected chi connectivity index (χ4v) is 6.73. The van der Waals surface area contributed by atoms with E-state index < -0.39 is 0 Å². The first-order valence-corrected chi connectivity index (χ1v) is 9.12. The Morgan fingerprint density at radius 1 is 1.17 bits per heavy atom. The molecule has 1 aliphatic carbocycles. The van der Waals surface area contributed by atoms with Crippen molar-refractivity contribution in [2.24, 2.45) is 5.92 Å². The topological polar surface area (TPSA) is 0 Å². The molecule has 94 valence electrons. The highest BCUT2D eigenvalue weighted by Crippen LogP contribution is 2.58. The van der Waals surface area contributed by atoms with Gasteiger partial charge in [0.2, 0.25) is 0 Å². The minimum absolute atomic E-state index is 0.444. The highest BCUT2D eigenvalue weighted by atomic mass is 79.9. The van der Waals surface area contributed by atoms with Crippen LogP contribution in [0.4, 0.5) is 0 Å². The molecule has 18 heavy (non-hydrogen) atoms. The van der Waals surface area contributed by atoms with E-state index in [2.05, 4.69) is 84.2 Å². The normalized spacial score (nSPS) is 23.9. The Kier molecular flexibility index (Phi) is 4.00. The number of rotatable bonds is 3. The van der Waals surface area contributed by atoms with Crippen LogP contribution in [0.5, 0.6) is 0 Å². The minimum Gasteiger partial charge on any atom is -0.121 e. The van der Waals surface area contributed by atoms with E-state index in [1.165, 1.54) is 25.1 Å². The van der Waals surface area contributed by atoms with Crippen LogP contribution >= 0.6 is 59.1 Å². The largest absolute Gasteiger partial charge is 0.121 e. The van der Waals surface area contributed by atoms with Crippen LogP contribution in [-0.4, -0.2) is 0 Å². The second-order valence-corrected chi connectivity index (χ2v) is 9.33. The number of benzene rings is 1. The fourth-order valence-electron chi connectivity index (χ4n) is 2.39. The van der Waals surface area contributed by atoms with Crippen molar-refractivity contribution < 1.29 is 0 Å². The van der Waals surface area contributed by atoms with Crippen LogP contribution in [0.3, 0.4) is 0 Å². The molecule has 0 aliphatic heterocycles. The van der Waals surface area contributed by atoms with Gasteiger partial charge in [0.1, 0.15) is 0 Å². The Balaban J connectivity index is 1.77. The standard InChI is InChI=1S/C14H11Br3S/c15-12-7-11(14(17)18-12)13(16)10-6-9(10)8-4-2-1-3-5-8/h1-5,7,9-10,13H,6H2. The smallest absolute Gasteiger partial charge is 0.0753 e. The van der Waals surface area contributed by atoms with Gasteiger partial charge in [0.15, 0.2) is 0 Å². The van der Waals surface area contributed by atoms with E-state index in [9.17, 15) is 0 Å². The van der Waals surface area contributed by atoms with Crippen molar-refractivity contribution >= 4 is 59.1 Å². The summed E-state index contributed by atoms with van der Waals surface area (Å²) < 4.78 is 2.42. The first kappa shape index (κ1) is 13.3. The summed E-state index contributed by atoms with van der Waals surface area (Å²) in [7, 11) is 0. The lowest BCUT2D eigenvalue weighted by Gasteiger charge is -2.08. The molecule has 0 radical (unpaired) electrons. The third-order valence-electron chi connectivity index (χ3n) is 3.42. The van der Waals surface area contributed by atoms with Gasteiger partial charge in [-0.15, -0.1) is 11.3 Å². The number of alkyl halides is 1. The first-order valence-electron chi connectivity index (χ1n) is 5.80. The van der Waals surface area contributed by atoms with Gasteiger partial charge in [-0.3, -0.25) is 0 Å². The van der Waals surface area contributed by atoms with Crippen molar-refractivity contribution in [2.75, 3.05) is 0 Å². The Hall–Kier alpha value is 0.360. The van der Waals surface area contributed by atoms with Crippen LogP contribution in [0, 0.1) is 5.92 Å². The van der Waals surface area contributed by atoms with E-state index in [4.69, 9.17) is 0 Å². The van der Waals surface area contributed by atoms with Crippen LogP contribution in [0.1, 0.15) is 28.3 Å². The average molecular weight is 451 g/mol. The lowest BCUT2D eigenvalue weighted by Crippen LogP contribution is -1.93. The Morgan fingerprint density at radius 3 is 2.50 bits per heavy atom. The van der Waals surface area contributed by atoms with Gasteiger partial charge in [0, 0.05) is 4.83 Å². The average Bonchev–Trinajstić information content (AvgIpc) is 3.10. The first-order chi connectivity index (χ1) is 8.66. The van der Waals surface area contributed by atoms with Crippen LogP contribution < -0.4 is 0 Å². The van der Waals surface area contributed by atoms with Crippen molar-refractivity contribution in [3.05, 3.63) is 55.1 Å². The molecular weight excluding hydrogens is 440 g/mol. The molecule has 1 aliphatic rings. The number of hydrogen-bond donors (Lipinski definition) is 0. The second-order valence-electron chi connectivity index (χ2n) is 4.60. The van der Waals surface area contributed by atoms with Crippen molar-refractivity contribution in [3.63, 3.8) is 0 Å². The fraction of sp³-hybridized carbons (Fsp3) is 0.286. The summed E-state index contributed by atoms with van der Waals surface area (Å²) in [5.41, 5.74) is 2.84. The number of halogens is 3. The predicted molar refractivity (Wildman–Crippen MR) is 88.7 cm³/mol. The molecule has 3 atom stereocenters. The van der Waals surface area contributed by atoms with Crippen LogP contribution in [0.15, 0.2) is 44.0 Å². The van der Waals surface area contributed by atoms with E-state index in [1.54, 1.807) is 11.3 Å². The third kappa shape index (κ3) is 2.62. The van der Waals surface area contributed by atoms with Gasteiger partial charge in [-0.2, -0.15) is 0 Å². The molecule has 0 N–H and O–H groups in total. The Morgan fingerprint density at radius 2 is 1.89 bits per heavy atom. The molecule has 1 fully saturated rings. The minimum atomic E-state index is 0.444. The van der Waals surface area contributed by atoms with E-state index in [-0.39, 0.29) is 0 Å². The molecule has 0 amide bonds. The van der Waals surface area contributed by atoms with Gasteiger partial charge in [-0.25, -0.2) is 0 Å². The molecule has 1 aromatic carbocycles. The highest BCUT2D eigenvalue weighted by molar-refractivity contribution is 9.12. The maximum Gasteiger partial charge on any atom is 0.0753 e. The SMILES string of the molecule is Brc1cc(C(Br)C2CC2c2ccccc2)c(Br)s1. The molecule has 0 saturated heterocycles. The molecule has 4 heteroatoms. The molecular formula is C14H11Br3S. The molecule has 0 bridgehead atoms. The van der Waals surface area contributed by atoms with Crippen molar-refractivity contribution in [2.45, 2.75) is 17.2 Å². The van der Waals surface area contributed by atoms with Crippen molar-refractivity contribution in [1.29, 1.82) is 0 Å². The van der Waals surface area contributed by atoms with Crippen molar-refractivity contribution in [1.82, 2.24) is 0 Å². The summed E-state index contributed by atoms with van der Waals surface area (Å²) in [6.07, 6.45) is 1.28. The quantitative estimate of drug-likeness (QED) is 0.467. The second kappa shape index (κ2) is 5.39. The molecule has 3 rings (SSSR count). The molecule has 1 heterocycles. The van der Waals surface area contributed by atoms with Crippen LogP contribution in [0.25, 0.3) is 0 Å². The summed E-state index contributed by atoms with van der Waals surface area (Å²) in [5.74, 6) is 1.42. The van der Waals surface area contributed by atoms with Gasteiger partial charge < -0.3 is 0 Å². The zero-order valence-corrected chi connectivity index (χ0v) is 15.0. The van der Waals surface area contributed by atoms with Gasteiger partial charge in [-0.1, -0.05) is 46.3 Å². The van der Waals surface area contributed by atoms with Gasteiger partial charge in [0.05, 0.1) is 7.57 Å². The molecule has 1 saturated carbocycles. The maximum absolute atomic E-state index is 3.87. The summed E-state index contributed by atoms with van der Waals surface area (Å²) in [6.45, 7) is 0. The van der Waals surface area contributed by atoms with Gasteiger partial charge in [0.25, 0.3) is 0 Å². The Bertz CT molecular complexity index is 549. The maximum atomic E-state index is 3.87. The third-order valence-corrected chi connectivity index (χ3v) is 6.98. The predicted octanol–water partition coefficient (Wildman–Crippen LogP) is 6.51. The van der Waals surface area contributed by atoms with Crippen LogP contribution in [-0.2, 0) is 0 Å². The van der Waals surface area contributed by atoms with E-state index in [0.717, 1.165) is 0 Å². The summed E-state index contributed by atoms with van der Waals surface area (Å²) in [4.78, 5) is 0.444. The van der Waals surface area contributed by atoms with E-state index >= 15 is 0 Å². The number of thiophene rings is 1. The summed E-state index contributed by atoms with van der Waals surface area (Å²) in [5, 5.41) is 0. The number of hydrogen-bond acceptors (Lipinski definition) is 1. The van der Waals surface area contributed by atoms with Gasteiger partial charge >= 0.3 is 0 Å². The highest BCUT2D eigenvalue weighted by Gasteiger charge is 2.44. The summed E-state index contributed by atoms with van der Waals surface area (Å²) in [6, 6.07) is 13.0. The Labute approximate surface area is 136 Å². The van der Waals surface area contributed by atoms with E-state index in [0.29, 0.717) is 16.7 Å². The van der Waals surface area contributed by atoms with Gasteiger partial charge in [-0.05, 0) is 67.3 Å². The molecule has 3 unspecified atom stereocenters. The molecule has 1 aromatic heterocycles. The molecule has 2 aromatic rings. The lowest BCUT2D eigenvalue weighted by molar-refractivity contribution is 0.787. The zero-order chi connectivity index (χ0) is 12.7. The lowest BCUT2D eigenvalue weighted by atomic mass is 10.1. The molecule has 0 spiro atoms. The van der Waals surface area contributed by atoms with Crippen molar-refractivity contribution in [3.8, 4) is 0 Å². The monoisotopic (exact) mass is 448 g/mol.